The number of esters is 1. The minimum Gasteiger partial charge on any atom is -0.460 e. The van der Waals surface area contributed by atoms with Crippen molar-refractivity contribution in [2.24, 2.45) is 5.73 Å². The van der Waals surface area contributed by atoms with Gasteiger partial charge in [-0.2, -0.15) is 0 Å². The minimum atomic E-state index is -0.425. The lowest BCUT2D eigenvalue weighted by Crippen LogP contribution is -2.23. The van der Waals surface area contributed by atoms with Gasteiger partial charge in [-0.25, -0.2) is 4.79 Å². The first-order valence-electron chi connectivity index (χ1n) is 8.30. The first-order valence-corrected chi connectivity index (χ1v) is 9.28. The standard InChI is InChI=1S/C19H22N2O3S/c1-11(2)24-19(23)16-14(13-7-5-4-6-8-13)9-21-15(10-25-18(16)21)12(3)17(20)22/h4-8,11,14H,9-10H2,1-3H3,(H2,20,22). The van der Waals surface area contributed by atoms with Crippen LogP contribution in [0, 0.1) is 0 Å². The summed E-state index contributed by atoms with van der Waals surface area (Å²) in [5, 5.41) is 0.884. The van der Waals surface area contributed by atoms with Crippen LogP contribution in [0.1, 0.15) is 32.3 Å². The molecule has 2 heterocycles. The van der Waals surface area contributed by atoms with E-state index < -0.39 is 5.91 Å². The molecule has 1 saturated heterocycles. The van der Waals surface area contributed by atoms with Gasteiger partial charge in [-0.1, -0.05) is 30.3 Å². The number of carbonyl (C=O) groups excluding carboxylic acids is 2. The van der Waals surface area contributed by atoms with Crippen molar-refractivity contribution in [1.29, 1.82) is 0 Å². The molecule has 132 valence electrons. The third-order valence-corrected chi connectivity index (χ3v) is 5.56. The number of hydrogen-bond acceptors (Lipinski definition) is 5. The maximum absolute atomic E-state index is 12.8. The molecule has 0 bridgehead atoms. The summed E-state index contributed by atoms with van der Waals surface area (Å²) >= 11 is 1.57. The van der Waals surface area contributed by atoms with Crippen LogP contribution in [0.2, 0.25) is 0 Å². The highest BCUT2D eigenvalue weighted by Gasteiger charge is 2.43. The molecular weight excluding hydrogens is 336 g/mol. The van der Waals surface area contributed by atoms with E-state index in [1.165, 1.54) is 0 Å². The molecule has 1 aromatic rings. The zero-order chi connectivity index (χ0) is 18.1. The number of amides is 1. The van der Waals surface area contributed by atoms with E-state index in [4.69, 9.17) is 10.5 Å². The number of thioether (sulfide) groups is 1. The number of ether oxygens (including phenoxy) is 1. The summed E-state index contributed by atoms with van der Waals surface area (Å²) in [6.45, 7) is 6.05. The Bertz CT molecular complexity index is 768. The molecule has 2 aliphatic rings. The van der Waals surface area contributed by atoms with Gasteiger partial charge in [-0.3, -0.25) is 4.79 Å². The highest BCUT2D eigenvalue weighted by atomic mass is 32.2. The average Bonchev–Trinajstić information content (AvgIpc) is 3.12. The molecule has 0 spiro atoms. The molecule has 1 unspecified atom stereocenters. The smallest absolute Gasteiger partial charge is 0.337 e. The van der Waals surface area contributed by atoms with Crippen LogP contribution in [-0.4, -0.2) is 35.2 Å². The van der Waals surface area contributed by atoms with Crippen molar-refractivity contribution in [1.82, 2.24) is 4.90 Å². The van der Waals surface area contributed by atoms with Crippen molar-refractivity contribution in [3.8, 4) is 0 Å². The summed E-state index contributed by atoms with van der Waals surface area (Å²) in [6, 6.07) is 9.92. The fraction of sp³-hybridized carbons (Fsp3) is 0.368. The van der Waals surface area contributed by atoms with E-state index in [-0.39, 0.29) is 18.0 Å². The van der Waals surface area contributed by atoms with Gasteiger partial charge in [0.25, 0.3) is 0 Å². The predicted octanol–water partition coefficient (Wildman–Crippen LogP) is 2.76. The number of fused-ring (bicyclic) bond motifs is 1. The summed E-state index contributed by atoms with van der Waals surface area (Å²) in [6.07, 6.45) is -0.181. The molecule has 1 atom stereocenters. The molecule has 0 aromatic heterocycles. The molecule has 1 amide bonds. The molecule has 6 heteroatoms. The Morgan fingerprint density at radius 1 is 1.28 bits per heavy atom. The predicted molar refractivity (Wildman–Crippen MR) is 98.5 cm³/mol. The van der Waals surface area contributed by atoms with Crippen molar-refractivity contribution in [2.75, 3.05) is 12.3 Å². The van der Waals surface area contributed by atoms with E-state index in [0.29, 0.717) is 23.4 Å². The van der Waals surface area contributed by atoms with Crippen molar-refractivity contribution in [2.45, 2.75) is 32.8 Å². The highest BCUT2D eigenvalue weighted by Crippen LogP contribution is 2.49. The number of nitrogens with zero attached hydrogens (tertiary/aromatic N) is 1. The van der Waals surface area contributed by atoms with E-state index in [2.05, 4.69) is 4.90 Å². The van der Waals surface area contributed by atoms with Crippen LogP contribution in [-0.2, 0) is 14.3 Å². The molecule has 3 rings (SSSR count). The minimum absolute atomic E-state index is 0.0778. The van der Waals surface area contributed by atoms with Gasteiger partial charge in [-0.05, 0) is 26.3 Å². The molecule has 2 N–H and O–H groups in total. The first-order chi connectivity index (χ1) is 11.9. The lowest BCUT2D eigenvalue weighted by Gasteiger charge is -2.19. The molecular formula is C19H22N2O3S. The van der Waals surface area contributed by atoms with E-state index in [1.54, 1.807) is 18.7 Å². The fourth-order valence-corrected chi connectivity index (χ4v) is 4.54. The Balaban J connectivity index is 2.05. The van der Waals surface area contributed by atoms with Crippen LogP contribution in [0.4, 0.5) is 0 Å². The second-order valence-electron chi connectivity index (χ2n) is 6.47. The molecule has 0 radical (unpaired) electrons. The van der Waals surface area contributed by atoms with Crippen LogP contribution < -0.4 is 5.73 Å². The van der Waals surface area contributed by atoms with E-state index >= 15 is 0 Å². The van der Waals surface area contributed by atoms with E-state index in [9.17, 15) is 9.59 Å². The zero-order valence-corrected chi connectivity index (χ0v) is 15.4. The Morgan fingerprint density at radius 3 is 2.56 bits per heavy atom. The molecule has 1 aromatic carbocycles. The fourth-order valence-electron chi connectivity index (χ4n) is 3.17. The monoisotopic (exact) mass is 358 g/mol. The van der Waals surface area contributed by atoms with Gasteiger partial charge in [0.2, 0.25) is 5.91 Å². The maximum Gasteiger partial charge on any atom is 0.337 e. The second kappa shape index (κ2) is 6.96. The van der Waals surface area contributed by atoms with Crippen LogP contribution in [0.25, 0.3) is 0 Å². The Kier molecular flexibility index (Phi) is 4.90. The van der Waals surface area contributed by atoms with Crippen molar-refractivity contribution in [3.05, 3.63) is 57.8 Å². The molecule has 2 aliphatic heterocycles. The summed E-state index contributed by atoms with van der Waals surface area (Å²) < 4.78 is 5.49. The normalized spacial score (nSPS) is 21.6. The van der Waals surface area contributed by atoms with Gasteiger partial charge < -0.3 is 15.4 Å². The van der Waals surface area contributed by atoms with Crippen molar-refractivity contribution >= 4 is 23.6 Å². The lowest BCUT2D eigenvalue weighted by atomic mass is 9.93. The number of hydrogen-bond donors (Lipinski definition) is 1. The van der Waals surface area contributed by atoms with Crippen molar-refractivity contribution in [3.63, 3.8) is 0 Å². The van der Waals surface area contributed by atoms with Crippen LogP contribution in [0.15, 0.2) is 52.2 Å². The van der Waals surface area contributed by atoms with Crippen molar-refractivity contribution < 1.29 is 14.3 Å². The highest BCUT2D eigenvalue weighted by molar-refractivity contribution is 8.03. The average molecular weight is 358 g/mol. The van der Waals surface area contributed by atoms with E-state index in [1.807, 2.05) is 44.2 Å². The van der Waals surface area contributed by atoms with Gasteiger partial charge in [-0.15, -0.1) is 11.8 Å². The summed E-state index contributed by atoms with van der Waals surface area (Å²) in [5.74, 6) is -0.145. The second-order valence-corrected chi connectivity index (χ2v) is 7.44. The summed E-state index contributed by atoms with van der Waals surface area (Å²) in [4.78, 5) is 26.4. The van der Waals surface area contributed by atoms with E-state index in [0.717, 1.165) is 16.3 Å². The molecule has 1 fully saturated rings. The van der Waals surface area contributed by atoms with Gasteiger partial charge in [0.1, 0.15) is 0 Å². The third kappa shape index (κ3) is 3.31. The molecule has 0 saturated carbocycles. The number of carbonyl (C=O) groups is 2. The SMILES string of the molecule is CC(C(N)=O)=C1CSC2=C(C(=O)OC(C)C)C(c3ccccc3)CN12. The first kappa shape index (κ1) is 17.6. The molecule has 0 aliphatic carbocycles. The quantitative estimate of drug-likeness (QED) is 0.662. The van der Waals surface area contributed by atoms with Gasteiger partial charge in [0.15, 0.2) is 0 Å². The van der Waals surface area contributed by atoms with Gasteiger partial charge in [0.05, 0.1) is 16.7 Å². The van der Waals surface area contributed by atoms with Crippen LogP contribution >= 0.6 is 11.8 Å². The Hall–Kier alpha value is -2.21. The summed E-state index contributed by atoms with van der Waals surface area (Å²) in [5.41, 5.74) is 8.65. The molecule has 5 nitrogen and oxygen atoms in total. The Morgan fingerprint density at radius 2 is 1.96 bits per heavy atom. The number of benzene rings is 1. The summed E-state index contributed by atoms with van der Waals surface area (Å²) in [7, 11) is 0. The zero-order valence-electron chi connectivity index (χ0n) is 14.6. The lowest BCUT2D eigenvalue weighted by molar-refractivity contribution is -0.142. The largest absolute Gasteiger partial charge is 0.460 e. The number of primary amides is 1. The molecule has 25 heavy (non-hydrogen) atoms. The van der Waals surface area contributed by atoms with Crippen LogP contribution in [0.5, 0.6) is 0 Å². The number of nitrogens with two attached hydrogens (primary N) is 1. The van der Waals surface area contributed by atoms with Gasteiger partial charge in [0, 0.05) is 29.5 Å². The third-order valence-electron chi connectivity index (χ3n) is 4.43. The topological polar surface area (TPSA) is 72.6 Å². The van der Waals surface area contributed by atoms with Gasteiger partial charge >= 0.3 is 5.97 Å². The Labute approximate surface area is 151 Å². The maximum atomic E-state index is 12.8. The van der Waals surface area contributed by atoms with Crippen LogP contribution in [0.3, 0.4) is 0 Å². The number of rotatable bonds is 4.